The monoisotopic (exact) mass is 946 g/mol. The molecule has 0 saturated carbocycles. The molecule has 3 heterocycles. The number of hydrogen-bond acceptors (Lipinski definition) is 3. The summed E-state index contributed by atoms with van der Waals surface area (Å²) in [5.41, 5.74) is 15.6. The van der Waals surface area contributed by atoms with Crippen molar-refractivity contribution in [1.29, 1.82) is 0 Å². The molecule has 0 amide bonds. The van der Waals surface area contributed by atoms with Crippen LogP contribution in [0.1, 0.15) is 30.5 Å². The topological polar surface area (TPSA) is 43.9 Å². The summed E-state index contributed by atoms with van der Waals surface area (Å²) in [6.07, 6.45) is 4.57. The Morgan fingerprint density at radius 3 is 1.93 bits per heavy atom. The van der Waals surface area contributed by atoms with E-state index in [9.17, 15) is 0 Å². The quantitative estimate of drug-likeness (QED) is 0.156. The third-order valence-corrected chi connectivity index (χ3v) is 10.3. The molecule has 59 heavy (non-hydrogen) atoms. The van der Waals surface area contributed by atoms with Crippen LogP contribution in [0.15, 0.2) is 180 Å². The van der Waals surface area contributed by atoms with Crippen LogP contribution in [0, 0.1) is 39.9 Å². The minimum atomic E-state index is -2.18. The zero-order chi connectivity index (χ0) is 44.6. The van der Waals surface area contributed by atoms with E-state index in [1.165, 1.54) is 41.1 Å². The van der Waals surface area contributed by atoms with Gasteiger partial charge in [-0.25, -0.2) is 0 Å². The Labute approximate surface area is 367 Å². The van der Waals surface area contributed by atoms with Crippen LogP contribution in [0.5, 0.6) is 0 Å². The molecule has 0 saturated heterocycles. The van der Waals surface area contributed by atoms with Crippen molar-refractivity contribution in [2.45, 2.75) is 27.6 Å². The fraction of sp³-hybridized carbons (Fsp3) is 0.0741. The molecule has 0 fully saturated rings. The maximum atomic E-state index is 7.28. The molecule has 3 aromatic heterocycles. The zero-order valence-electron chi connectivity index (χ0n) is 38.3. The molecule has 0 N–H and O–H groups in total. The number of para-hydroxylation sites is 3. The SMILES string of the molecule is Cc1cccc(C)c1-c1ccc2o[c-]c(-c3nc4ccccc4n3-c3c(-c4ccccc4)cccc3-c3ccccc3)c2c1.[2H]C([2H])([2H])c1c[c-]c(-c2ccc(C([2H])([2H])[2H])cn2)cc1.[Ir]. The van der Waals surface area contributed by atoms with E-state index in [1.54, 1.807) is 12.1 Å². The molecule has 7 aromatic carbocycles. The smallest absolute Gasteiger partial charge is 0.0774 e. The van der Waals surface area contributed by atoms with Gasteiger partial charge in [0.15, 0.2) is 0 Å². The largest absolute Gasteiger partial charge is 0.557 e. The molecule has 0 aliphatic rings. The third kappa shape index (κ3) is 7.83. The number of fused-ring (bicyclic) bond motifs is 2. The Kier molecular flexibility index (Phi) is 9.35. The van der Waals surface area contributed by atoms with Gasteiger partial charge in [0.25, 0.3) is 0 Å². The van der Waals surface area contributed by atoms with Crippen molar-refractivity contribution in [2.75, 3.05) is 0 Å². The summed E-state index contributed by atoms with van der Waals surface area (Å²) in [5.74, 6) is 0.796. The Morgan fingerprint density at radius 1 is 0.627 bits per heavy atom. The molecule has 1 radical (unpaired) electrons. The van der Waals surface area contributed by atoms with E-state index in [-0.39, 0.29) is 31.2 Å². The van der Waals surface area contributed by atoms with Crippen molar-refractivity contribution in [3.63, 3.8) is 0 Å². The predicted molar refractivity (Wildman–Crippen MR) is 239 cm³/mol. The van der Waals surface area contributed by atoms with Gasteiger partial charge >= 0.3 is 0 Å². The molecule has 0 unspecified atom stereocenters. The van der Waals surface area contributed by atoms with Crippen LogP contribution in [0.2, 0.25) is 0 Å². The minimum Gasteiger partial charge on any atom is -0.557 e. The van der Waals surface area contributed by atoms with Crippen LogP contribution >= 0.6 is 0 Å². The molecule has 4 nitrogen and oxygen atoms in total. The molecule has 0 spiro atoms. The van der Waals surface area contributed by atoms with Crippen LogP contribution < -0.4 is 0 Å². The van der Waals surface area contributed by atoms with Gasteiger partial charge in [0, 0.05) is 57.5 Å². The number of benzene rings is 7. The van der Waals surface area contributed by atoms with Crippen LogP contribution in [-0.4, -0.2) is 14.5 Å². The van der Waals surface area contributed by atoms with Gasteiger partial charge in [-0.15, -0.1) is 35.4 Å². The first kappa shape index (κ1) is 32.3. The summed E-state index contributed by atoms with van der Waals surface area (Å²) >= 11 is 0. The Bertz CT molecular complexity index is 3120. The van der Waals surface area contributed by atoms with Gasteiger partial charge in [0.2, 0.25) is 0 Å². The first-order chi connectivity index (χ1) is 30.8. The average molecular weight is 946 g/mol. The molecule has 289 valence electrons. The molecule has 0 aliphatic carbocycles. The predicted octanol–water partition coefficient (Wildman–Crippen LogP) is 14.0. The van der Waals surface area contributed by atoms with E-state index in [0.29, 0.717) is 11.3 Å². The second-order valence-electron chi connectivity index (χ2n) is 14.2. The van der Waals surface area contributed by atoms with E-state index in [2.05, 4.69) is 169 Å². The number of pyridine rings is 1. The van der Waals surface area contributed by atoms with Gasteiger partial charge in [-0.1, -0.05) is 157 Å². The number of aryl methyl sites for hydroxylation is 4. The maximum absolute atomic E-state index is 7.28. The van der Waals surface area contributed by atoms with E-state index < -0.39 is 13.7 Å². The van der Waals surface area contributed by atoms with Crippen molar-refractivity contribution in [3.05, 3.63) is 211 Å². The van der Waals surface area contributed by atoms with Gasteiger partial charge in [0.1, 0.15) is 0 Å². The first-order valence-corrected chi connectivity index (χ1v) is 19.1. The number of aromatic nitrogens is 3. The molecule has 10 rings (SSSR count). The second-order valence-corrected chi connectivity index (χ2v) is 14.2. The summed E-state index contributed by atoms with van der Waals surface area (Å²) in [6.45, 7) is -0.00604. The first-order valence-electron chi connectivity index (χ1n) is 22.1. The van der Waals surface area contributed by atoms with E-state index >= 15 is 0 Å². The van der Waals surface area contributed by atoms with Crippen molar-refractivity contribution in [2.24, 2.45) is 0 Å². The fourth-order valence-corrected chi connectivity index (χ4v) is 7.61. The minimum absolute atomic E-state index is 0. The third-order valence-electron chi connectivity index (χ3n) is 10.3. The maximum Gasteiger partial charge on any atom is 0.0774 e. The van der Waals surface area contributed by atoms with Crippen LogP contribution in [0.3, 0.4) is 0 Å². The number of nitrogens with zero attached hydrogens (tertiary/aromatic N) is 3. The fourth-order valence-electron chi connectivity index (χ4n) is 7.61. The van der Waals surface area contributed by atoms with Crippen molar-refractivity contribution >= 4 is 22.0 Å². The summed E-state index contributed by atoms with van der Waals surface area (Å²) < 4.78 is 52.0. The van der Waals surface area contributed by atoms with Gasteiger partial charge < -0.3 is 14.0 Å². The number of furan rings is 1. The molecule has 5 heteroatoms. The van der Waals surface area contributed by atoms with Crippen molar-refractivity contribution in [3.8, 4) is 61.7 Å². The van der Waals surface area contributed by atoms with Gasteiger partial charge in [-0.05, 0) is 77.5 Å². The molecular weight excluding hydrogens is 899 g/mol. The van der Waals surface area contributed by atoms with Gasteiger partial charge in [-0.3, -0.25) is 4.98 Å². The molecule has 0 aliphatic heterocycles. The summed E-state index contributed by atoms with van der Waals surface area (Å²) in [6, 6.07) is 59.3. The zero-order valence-corrected chi connectivity index (χ0v) is 34.7. The standard InChI is InChI=1S/C41H29N2O.C13H12N.Ir/c1-27-13-11-14-28(2)39(27)31-23-24-38-34(25-31)35(26-44-38)41-42-36-21-9-10-22-37(36)43(41)40-32(29-15-5-3-6-16-29)19-12-20-33(40)30-17-7-4-8-18-30;1-10-3-6-12(7-4-10)13-8-5-11(2)9-14-13;/h3-25H,1-2H3;3-6,8-9H,1-2H3;/q2*-1;/i;1D3,2D3;. The van der Waals surface area contributed by atoms with E-state index in [0.717, 1.165) is 66.9 Å². The van der Waals surface area contributed by atoms with Gasteiger partial charge in [0.05, 0.1) is 22.5 Å². The van der Waals surface area contributed by atoms with Crippen LogP contribution in [0.25, 0.3) is 83.7 Å². The van der Waals surface area contributed by atoms with Crippen molar-refractivity contribution in [1.82, 2.24) is 14.5 Å². The molecule has 0 atom stereocenters. The van der Waals surface area contributed by atoms with Crippen LogP contribution in [-0.2, 0) is 20.1 Å². The molecule has 0 bridgehead atoms. The number of rotatable bonds is 6. The van der Waals surface area contributed by atoms with Crippen LogP contribution in [0.4, 0.5) is 0 Å². The number of hydrogen-bond donors (Lipinski definition) is 0. The summed E-state index contributed by atoms with van der Waals surface area (Å²) in [4.78, 5) is 9.34. The summed E-state index contributed by atoms with van der Waals surface area (Å²) in [7, 11) is 0. The Balaban J connectivity index is 0.000000232. The molecular formula is C54H41IrN3O-2. The van der Waals surface area contributed by atoms with Crippen molar-refractivity contribution < 1.29 is 32.7 Å². The normalized spacial score (nSPS) is 12.8. The van der Waals surface area contributed by atoms with E-state index in [4.69, 9.17) is 17.6 Å². The average Bonchev–Trinajstić information content (AvgIpc) is 3.90. The van der Waals surface area contributed by atoms with Gasteiger partial charge in [-0.2, -0.15) is 0 Å². The van der Waals surface area contributed by atoms with E-state index in [1.807, 2.05) is 6.07 Å². The Hall–Kier alpha value is -6.65. The Morgan fingerprint density at radius 2 is 1.29 bits per heavy atom. The number of imidazole rings is 1. The molecule has 10 aromatic rings. The second kappa shape index (κ2) is 17.1. The summed E-state index contributed by atoms with van der Waals surface area (Å²) in [5, 5.41) is 0.986.